The standard InChI is InChI=1S/C5H6Br2S/c1-3-4(6)5(7)8-2/h3H,1H2,2H3/b5-4+. The molecule has 0 aromatic carbocycles. The zero-order valence-electron chi connectivity index (χ0n) is 4.45. The van der Waals surface area contributed by atoms with Crippen molar-refractivity contribution in [3.05, 3.63) is 21.0 Å². The lowest BCUT2D eigenvalue weighted by Crippen LogP contribution is -1.61. The topological polar surface area (TPSA) is 0 Å². The zero-order chi connectivity index (χ0) is 6.57. The maximum Gasteiger partial charge on any atom is 0.0642 e. The van der Waals surface area contributed by atoms with Gasteiger partial charge in [0.15, 0.2) is 0 Å². The van der Waals surface area contributed by atoms with Crippen LogP contribution < -0.4 is 0 Å². The Morgan fingerprint density at radius 2 is 2.12 bits per heavy atom. The Labute approximate surface area is 70.7 Å². The van der Waals surface area contributed by atoms with Crippen LogP contribution in [0, 0.1) is 0 Å². The first-order valence-electron chi connectivity index (χ1n) is 1.94. The molecule has 0 rings (SSSR count). The van der Waals surface area contributed by atoms with E-state index in [0.717, 1.165) is 8.30 Å². The first-order chi connectivity index (χ1) is 3.72. The molecule has 0 bridgehead atoms. The molecule has 0 aliphatic carbocycles. The van der Waals surface area contributed by atoms with Crippen molar-refractivity contribution in [2.24, 2.45) is 0 Å². The quantitative estimate of drug-likeness (QED) is 0.683. The summed E-state index contributed by atoms with van der Waals surface area (Å²) in [7, 11) is 0. The van der Waals surface area contributed by atoms with Gasteiger partial charge in [0.05, 0.1) is 3.81 Å². The predicted molar refractivity (Wildman–Crippen MR) is 48.6 cm³/mol. The minimum Gasteiger partial charge on any atom is -0.121 e. The van der Waals surface area contributed by atoms with E-state index in [4.69, 9.17) is 0 Å². The SMILES string of the molecule is C=C/C(Br)=C(/Br)SC. The highest BCUT2D eigenvalue weighted by Crippen LogP contribution is 2.27. The zero-order valence-corrected chi connectivity index (χ0v) is 8.44. The summed E-state index contributed by atoms with van der Waals surface area (Å²) in [4.78, 5) is 0. The van der Waals surface area contributed by atoms with Crippen molar-refractivity contribution >= 4 is 43.6 Å². The van der Waals surface area contributed by atoms with Gasteiger partial charge >= 0.3 is 0 Å². The molecule has 3 heteroatoms. The summed E-state index contributed by atoms with van der Waals surface area (Å²) in [5.74, 6) is 0. The van der Waals surface area contributed by atoms with Crippen LogP contribution in [0.2, 0.25) is 0 Å². The number of thioether (sulfide) groups is 1. The van der Waals surface area contributed by atoms with Crippen molar-refractivity contribution in [1.82, 2.24) is 0 Å². The molecule has 0 atom stereocenters. The second-order valence-electron chi connectivity index (χ2n) is 1.03. The smallest absolute Gasteiger partial charge is 0.0642 e. The van der Waals surface area contributed by atoms with Crippen LogP contribution in [0.25, 0.3) is 0 Å². The Hall–Kier alpha value is 0.790. The summed E-state index contributed by atoms with van der Waals surface area (Å²) >= 11 is 8.26. The van der Waals surface area contributed by atoms with E-state index in [0.29, 0.717) is 0 Å². The molecular weight excluding hydrogens is 252 g/mol. The molecule has 0 radical (unpaired) electrons. The number of allylic oxidation sites excluding steroid dienone is 2. The van der Waals surface area contributed by atoms with E-state index in [-0.39, 0.29) is 0 Å². The third-order valence-electron chi connectivity index (χ3n) is 0.546. The number of halogens is 2. The van der Waals surface area contributed by atoms with Crippen LogP contribution in [-0.2, 0) is 0 Å². The highest BCUT2D eigenvalue weighted by molar-refractivity contribution is 9.15. The van der Waals surface area contributed by atoms with Gasteiger partial charge in [-0.2, -0.15) is 0 Å². The molecule has 0 spiro atoms. The van der Waals surface area contributed by atoms with E-state index in [1.54, 1.807) is 17.8 Å². The Bertz CT molecular complexity index is 118. The summed E-state index contributed by atoms with van der Waals surface area (Å²) in [6.07, 6.45) is 3.75. The first kappa shape index (κ1) is 8.79. The van der Waals surface area contributed by atoms with E-state index in [2.05, 4.69) is 38.4 Å². The fourth-order valence-electron chi connectivity index (χ4n) is 0.178. The predicted octanol–water partition coefficient (Wildman–Crippen LogP) is 3.49. The van der Waals surface area contributed by atoms with Gasteiger partial charge in [-0.25, -0.2) is 0 Å². The monoisotopic (exact) mass is 256 g/mol. The van der Waals surface area contributed by atoms with Crippen molar-refractivity contribution in [2.75, 3.05) is 6.26 Å². The van der Waals surface area contributed by atoms with Crippen LogP contribution in [0.15, 0.2) is 21.0 Å². The Balaban J connectivity index is 4.03. The summed E-state index contributed by atoms with van der Waals surface area (Å²) in [5, 5.41) is 0. The highest BCUT2D eigenvalue weighted by atomic mass is 79.9. The molecule has 0 N–H and O–H groups in total. The molecule has 0 aliphatic rings. The van der Waals surface area contributed by atoms with Crippen molar-refractivity contribution in [2.45, 2.75) is 0 Å². The molecule has 0 saturated heterocycles. The average Bonchev–Trinajstić information content (AvgIpc) is 1.84. The van der Waals surface area contributed by atoms with Gasteiger partial charge in [-0.1, -0.05) is 12.7 Å². The van der Waals surface area contributed by atoms with Gasteiger partial charge in [0.1, 0.15) is 0 Å². The third-order valence-corrected chi connectivity index (χ3v) is 4.04. The normalized spacial score (nSPS) is 12.9. The van der Waals surface area contributed by atoms with E-state index < -0.39 is 0 Å². The molecule has 0 saturated carbocycles. The molecular formula is C5H6Br2S. The molecule has 0 unspecified atom stereocenters. The fourth-order valence-corrected chi connectivity index (χ4v) is 1.10. The number of rotatable bonds is 2. The summed E-state index contributed by atoms with van der Waals surface area (Å²) in [6.45, 7) is 3.58. The van der Waals surface area contributed by atoms with Crippen LogP contribution in [-0.4, -0.2) is 6.26 Å². The maximum atomic E-state index is 3.58. The van der Waals surface area contributed by atoms with Gasteiger partial charge in [0.25, 0.3) is 0 Å². The fraction of sp³-hybridized carbons (Fsp3) is 0.200. The molecule has 0 aromatic heterocycles. The lowest BCUT2D eigenvalue weighted by atomic mass is 10.6. The molecule has 0 heterocycles. The number of hydrogen-bond donors (Lipinski definition) is 0. The molecule has 0 amide bonds. The van der Waals surface area contributed by atoms with Gasteiger partial charge in [0, 0.05) is 4.48 Å². The first-order valence-corrected chi connectivity index (χ1v) is 4.75. The van der Waals surface area contributed by atoms with E-state index in [1.807, 2.05) is 6.26 Å². The van der Waals surface area contributed by atoms with E-state index >= 15 is 0 Å². The summed E-state index contributed by atoms with van der Waals surface area (Å²) < 4.78 is 2.08. The van der Waals surface area contributed by atoms with Crippen LogP contribution in [0.4, 0.5) is 0 Å². The van der Waals surface area contributed by atoms with Crippen LogP contribution in [0.3, 0.4) is 0 Å². The van der Waals surface area contributed by atoms with Gasteiger partial charge < -0.3 is 0 Å². The largest absolute Gasteiger partial charge is 0.121 e. The van der Waals surface area contributed by atoms with Crippen molar-refractivity contribution in [3.63, 3.8) is 0 Å². The lowest BCUT2D eigenvalue weighted by Gasteiger charge is -1.91. The molecule has 0 fully saturated rings. The molecule has 46 valence electrons. The van der Waals surface area contributed by atoms with E-state index in [9.17, 15) is 0 Å². The summed E-state index contributed by atoms with van der Waals surface area (Å²) in [5.41, 5.74) is 0. The third kappa shape index (κ3) is 2.95. The Morgan fingerprint density at radius 1 is 1.62 bits per heavy atom. The Morgan fingerprint density at radius 3 is 2.25 bits per heavy atom. The molecule has 0 aliphatic heterocycles. The van der Waals surface area contributed by atoms with Crippen molar-refractivity contribution in [3.8, 4) is 0 Å². The van der Waals surface area contributed by atoms with Crippen molar-refractivity contribution in [1.29, 1.82) is 0 Å². The molecule has 8 heavy (non-hydrogen) atoms. The second kappa shape index (κ2) is 4.65. The minimum atomic E-state index is 1.00. The van der Waals surface area contributed by atoms with Crippen molar-refractivity contribution < 1.29 is 0 Å². The second-order valence-corrected chi connectivity index (χ2v) is 4.02. The lowest BCUT2D eigenvalue weighted by molar-refractivity contribution is 2.03. The summed E-state index contributed by atoms with van der Waals surface area (Å²) in [6, 6.07) is 0. The van der Waals surface area contributed by atoms with Gasteiger partial charge in [0.2, 0.25) is 0 Å². The molecule has 0 aromatic rings. The highest BCUT2D eigenvalue weighted by Gasteiger charge is 1.90. The van der Waals surface area contributed by atoms with Gasteiger partial charge in [-0.3, -0.25) is 0 Å². The van der Waals surface area contributed by atoms with Gasteiger partial charge in [-0.15, -0.1) is 11.8 Å². The van der Waals surface area contributed by atoms with E-state index in [1.165, 1.54) is 0 Å². The average molecular weight is 258 g/mol. The molecule has 0 nitrogen and oxygen atoms in total. The van der Waals surface area contributed by atoms with Gasteiger partial charge in [-0.05, 0) is 38.1 Å². The number of hydrogen-bond acceptors (Lipinski definition) is 1. The minimum absolute atomic E-state index is 1.00. The maximum absolute atomic E-state index is 3.58. The Kier molecular flexibility index (Phi) is 5.11. The van der Waals surface area contributed by atoms with Crippen LogP contribution >= 0.6 is 43.6 Å². The van der Waals surface area contributed by atoms with Crippen LogP contribution in [0.5, 0.6) is 0 Å². The van der Waals surface area contributed by atoms with Crippen LogP contribution in [0.1, 0.15) is 0 Å².